The van der Waals surface area contributed by atoms with Gasteiger partial charge in [-0.2, -0.15) is 11.8 Å². The number of hydrogen-bond donors (Lipinski definition) is 1. The van der Waals surface area contributed by atoms with E-state index in [9.17, 15) is 0 Å². The van der Waals surface area contributed by atoms with E-state index in [1.54, 1.807) is 7.11 Å². The fourth-order valence-corrected chi connectivity index (χ4v) is 2.59. The summed E-state index contributed by atoms with van der Waals surface area (Å²) < 4.78 is 5.02. The van der Waals surface area contributed by atoms with E-state index in [-0.39, 0.29) is 0 Å². The largest absolute Gasteiger partial charge is 0.384 e. The molecule has 0 aromatic rings. The molecule has 3 heteroatoms. The molecule has 1 N–H and O–H groups in total. The smallest absolute Gasteiger partial charge is 0.0553 e. The SMILES string of the molecule is COCCSC1CCCCNC1. The van der Waals surface area contributed by atoms with Crippen molar-refractivity contribution in [2.75, 3.05) is 32.6 Å². The van der Waals surface area contributed by atoms with E-state index in [2.05, 4.69) is 5.32 Å². The van der Waals surface area contributed by atoms with Gasteiger partial charge in [0.05, 0.1) is 6.61 Å². The molecule has 1 saturated heterocycles. The summed E-state index contributed by atoms with van der Waals surface area (Å²) in [5.41, 5.74) is 0. The lowest BCUT2D eigenvalue weighted by atomic mass is 10.2. The Morgan fingerprint density at radius 2 is 2.42 bits per heavy atom. The van der Waals surface area contributed by atoms with Crippen LogP contribution in [0, 0.1) is 0 Å². The third-order valence-corrected chi connectivity index (χ3v) is 3.42. The molecule has 1 unspecified atom stereocenters. The lowest BCUT2D eigenvalue weighted by Gasteiger charge is -2.12. The van der Waals surface area contributed by atoms with Gasteiger partial charge < -0.3 is 10.1 Å². The van der Waals surface area contributed by atoms with Crippen LogP contribution in [0.25, 0.3) is 0 Å². The molecule has 0 spiro atoms. The molecule has 0 saturated carbocycles. The monoisotopic (exact) mass is 189 g/mol. The molecule has 0 aromatic heterocycles. The summed E-state index contributed by atoms with van der Waals surface area (Å²) in [6, 6.07) is 0. The van der Waals surface area contributed by atoms with Crippen molar-refractivity contribution in [1.29, 1.82) is 0 Å². The van der Waals surface area contributed by atoms with Gasteiger partial charge in [-0.15, -0.1) is 0 Å². The van der Waals surface area contributed by atoms with Crippen LogP contribution in [0.15, 0.2) is 0 Å². The maximum Gasteiger partial charge on any atom is 0.0553 e. The molecule has 0 aromatic carbocycles. The van der Waals surface area contributed by atoms with Crippen LogP contribution in [-0.2, 0) is 4.74 Å². The molecule has 1 rings (SSSR count). The summed E-state index contributed by atoms with van der Waals surface area (Å²) >= 11 is 2.05. The summed E-state index contributed by atoms with van der Waals surface area (Å²) in [7, 11) is 1.77. The van der Waals surface area contributed by atoms with Crippen LogP contribution >= 0.6 is 11.8 Å². The molecule has 0 bridgehead atoms. The number of nitrogens with one attached hydrogen (secondary N) is 1. The van der Waals surface area contributed by atoms with Crippen LogP contribution < -0.4 is 5.32 Å². The van der Waals surface area contributed by atoms with Crippen molar-refractivity contribution in [3.8, 4) is 0 Å². The molecule has 1 heterocycles. The Hall–Kier alpha value is 0.270. The molecule has 0 aliphatic carbocycles. The van der Waals surface area contributed by atoms with Crippen LogP contribution in [0.4, 0.5) is 0 Å². The first-order valence-electron chi connectivity index (χ1n) is 4.74. The Morgan fingerprint density at radius 3 is 3.25 bits per heavy atom. The second-order valence-corrected chi connectivity index (χ2v) is 4.59. The van der Waals surface area contributed by atoms with Crippen LogP contribution in [0.5, 0.6) is 0 Å². The predicted octanol–water partition coefficient (Wildman–Crippen LogP) is 1.51. The van der Waals surface area contributed by atoms with Crippen LogP contribution in [0.3, 0.4) is 0 Å². The van der Waals surface area contributed by atoms with Crippen molar-refractivity contribution in [2.45, 2.75) is 24.5 Å². The highest BCUT2D eigenvalue weighted by Crippen LogP contribution is 2.18. The molecule has 0 radical (unpaired) electrons. The predicted molar refractivity (Wildman–Crippen MR) is 54.8 cm³/mol. The Kier molecular flexibility index (Phi) is 5.82. The van der Waals surface area contributed by atoms with Gasteiger partial charge in [-0.3, -0.25) is 0 Å². The molecule has 0 amide bonds. The van der Waals surface area contributed by atoms with E-state index in [1.165, 1.54) is 32.4 Å². The number of ether oxygens (including phenoxy) is 1. The molecular weight excluding hydrogens is 170 g/mol. The van der Waals surface area contributed by atoms with Crippen molar-refractivity contribution >= 4 is 11.8 Å². The second kappa shape index (κ2) is 6.75. The zero-order valence-electron chi connectivity index (χ0n) is 7.84. The average Bonchev–Trinajstić information content (AvgIpc) is 2.33. The van der Waals surface area contributed by atoms with Gasteiger partial charge in [-0.1, -0.05) is 6.42 Å². The maximum atomic E-state index is 5.02. The maximum absolute atomic E-state index is 5.02. The van der Waals surface area contributed by atoms with E-state index in [0.717, 1.165) is 17.6 Å². The first kappa shape index (κ1) is 10.4. The van der Waals surface area contributed by atoms with E-state index >= 15 is 0 Å². The van der Waals surface area contributed by atoms with Crippen molar-refractivity contribution in [2.24, 2.45) is 0 Å². The van der Waals surface area contributed by atoms with E-state index < -0.39 is 0 Å². The van der Waals surface area contributed by atoms with Crippen molar-refractivity contribution in [3.05, 3.63) is 0 Å². The Morgan fingerprint density at radius 1 is 1.50 bits per heavy atom. The van der Waals surface area contributed by atoms with Crippen molar-refractivity contribution in [1.82, 2.24) is 5.32 Å². The highest BCUT2D eigenvalue weighted by Gasteiger charge is 2.10. The minimum atomic E-state index is 0.822. The summed E-state index contributed by atoms with van der Waals surface area (Å²) in [5, 5.41) is 4.28. The Bertz CT molecular complexity index is 103. The van der Waals surface area contributed by atoms with E-state index in [1.807, 2.05) is 11.8 Å². The summed E-state index contributed by atoms with van der Waals surface area (Å²) in [6.45, 7) is 3.29. The quantitative estimate of drug-likeness (QED) is 0.677. The fraction of sp³-hybridized carbons (Fsp3) is 1.00. The summed E-state index contributed by atoms with van der Waals surface area (Å²) in [6.07, 6.45) is 4.11. The number of hydrogen-bond acceptors (Lipinski definition) is 3. The third kappa shape index (κ3) is 4.33. The van der Waals surface area contributed by atoms with Gasteiger partial charge in [-0.25, -0.2) is 0 Å². The standard InChI is InChI=1S/C9H19NOS/c1-11-6-7-12-9-4-2-3-5-10-8-9/h9-10H,2-8H2,1H3. The van der Waals surface area contributed by atoms with E-state index in [0.29, 0.717) is 0 Å². The van der Waals surface area contributed by atoms with Gasteiger partial charge >= 0.3 is 0 Å². The number of rotatable bonds is 4. The highest BCUT2D eigenvalue weighted by atomic mass is 32.2. The van der Waals surface area contributed by atoms with Crippen LogP contribution in [0.2, 0.25) is 0 Å². The first-order valence-corrected chi connectivity index (χ1v) is 5.79. The molecule has 72 valence electrons. The van der Waals surface area contributed by atoms with Gasteiger partial charge in [0.15, 0.2) is 0 Å². The zero-order chi connectivity index (χ0) is 8.65. The normalized spacial score (nSPS) is 25.2. The van der Waals surface area contributed by atoms with E-state index in [4.69, 9.17) is 4.74 Å². The Labute approximate surface area is 79.4 Å². The molecular formula is C9H19NOS. The summed E-state index contributed by atoms with van der Waals surface area (Å²) in [5.74, 6) is 1.14. The van der Waals surface area contributed by atoms with Crippen LogP contribution in [-0.4, -0.2) is 37.8 Å². The number of thioether (sulfide) groups is 1. The van der Waals surface area contributed by atoms with Gasteiger partial charge in [0.2, 0.25) is 0 Å². The van der Waals surface area contributed by atoms with Crippen LogP contribution in [0.1, 0.15) is 19.3 Å². The lowest BCUT2D eigenvalue weighted by molar-refractivity contribution is 0.218. The molecule has 1 aliphatic heterocycles. The highest BCUT2D eigenvalue weighted by molar-refractivity contribution is 7.99. The van der Waals surface area contributed by atoms with Gasteiger partial charge in [-0.05, 0) is 19.4 Å². The topological polar surface area (TPSA) is 21.3 Å². The molecule has 2 nitrogen and oxygen atoms in total. The first-order chi connectivity index (χ1) is 5.93. The molecule has 1 atom stereocenters. The second-order valence-electron chi connectivity index (χ2n) is 3.19. The minimum absolute atomic E-state index is 0.822. The fourth-order valence-electron chi connectivity index (χ4n) is 1.43. The average molecular weight is 189 g/mol. The Balaban J connectivity index is 2.04. The lowest BCUT2D eigenvalue weighted by Crippen LogP contribution is -2.22. The zero-order valence-corrected chi connectivity index (χ0v) is 8.66. The number of methoxy groups -OCH3 is 1. The van der Waals surface area contributed by atoms with Crippen molar-refractivity contribution in [3.63, 3.8) is 0 Å². The van der Waals surface area contributed by atoms with Gasteiger partial charge in [0.25, 0.3) is 0 Å². The third-order valence-electron chi connectivity index (χ3n) is 2.14. The molecule has 12 heavy (non-hydrogen) atoms. The van der Waals surface area contributed by atoms with Gasteiger partial charge in [0.1, 0.15) is 0 Å². The molecule has 1 aliphatic rings. The van der Waals surface area contributed by atoms with Crippen molar-refractivity contribution < 1.29 is 4.74 Å². The summed E-state index contributed by atoms with van der Waals surface area (Å²) in [4.78, 5) is 0. The molecule has 1 fully saturated rings. The minimum Gasteiger partial charge on any atom is -0.384 e. The van der Waals surface area contributed by atoms with Gasteiger partial charge in [0, 0.05) is 24.7 Å².